The summed E-state index contributed by atoms with van der Waals surface area (Å²) in [5.74, 6) is -1.90. The molecule has 0 aromatic heterocycles. The fourth-order valence-electron chi connectivity index (χ4n) is 4.03. The summed E-state index contributed by atoms with van der Waals surface area (Å²) in [6.07, 6.45) is 5.53. The molecule has 0 aliphatic rings. The fourth-order valence-corrected chi connectivity index (χ4v) is 4.03. The van der Waals surface area contributed by atoms with E-state index in [0.29, 0.717) is 24.0 Å². The Labute approximate surface area is 236 Å². The van der Waals surface area contributed by atoms with Gasteiger partial charge in [0.25, 0.3) is 0 Å². The lowest BCUT2D eigenvalue weighted by Crippen LogP contribution is -2.51. The molecule has 0 unspecified atom stereocenters. The summed E-state index contributed by atoms with van der Waals surface area (Å²) in [6, 6.07) is 13.2. The number of hydrogen-bond donors (Lipinski definition) is 1. The molecule has 9 nitrogen and oxygen atoms in total. The smallest absolute Gasteiger partial charge is 0.338 e. The number of benzene rings is 2. The molecule has 0 fully saturated rings. The van der Waals surface area contributed by atoms with Gasteiger partial charge in [0.15, 0.2) is 11.5 Å². The van der Waals surface area contributed by atoms with E-state index in [4.69, 9.17) is 24.7 Å². The molecule has 0 aliphatic carbocycles. The quantitative estimate of drug-likeness (QED) is 0.156. The van der Waals surface area contributed by atoms with Crippen LogP contribution in [-0.4, -0.2) is 43.1 Å². The minimum absolute atomic E-state index is 0.00628. The van der Waals surface area contributed by atoms with Crippen molar-refractivity contribution in [3.8, 4) is 11.5 Å². The van der Waals surface area contributed by atoms with Crippen LogP contribution in [0.4, 0.5) is 0 Å². The molecule has 2 aromatic rings. The van der Waals surface area contributed by atoms with Crippen LogP contribution >= 0.6 is 0 Å². The first kappa shape index (κ1) is 32.5. The summed E-state index contributed by atoms with van der Waals surface area (Å²) >= 11 is 0. The first-order valence-electron chi connectivity index (χ1n) is 13.9. The summed E-state index contributed by atoms with van der Waals surface area (Å²) in [5, 5.41) is 0. The maximum absolute atomic E-state index is 12.7. The van der Waals surface area contributed by atoms with E-state index < -0.39 is 29.4 Å². The Bertz CT molecular complexity index is 1120. The van der Waals surface area contributed by atoms with Crippen molar-refractivity contribution in [1.29, 1.82) is 0 Å². The molecule has 218 valence electrons. The van der Waals surface area contributed by atoms with E-state index >= 15 is 0 Å². The highest BCUT2D eigenvalue weighted by Crippen LogP contribution is 2.31. The molecular formula is C31H41NO8. The molecule has 0 saturated carbocycles. The third kappa shape index (κ3) is 10.8. The highest BCUT2D eigenvalue weighted by Gasteiger charge is 2.36. The van der Waals surface area contributed by atoms with Crippen LogP contribution in [0.5, 0.6) is 11.5 Å². The Balaban J connectivity index is 2.20. The Morgan fingerprint density at radius 3 is 1.98 bits per heavy atom. The maximum atomic E-state index is 12.7. The van der Waals surface area contributed by atoms with Crippen LogP contribution < -0.4 is 15.2 Å². The Kier molecular flexibility index (Phi) is 13.9. The molecule has 2 aromatic carbocycles. The van der Waals surface area contributed by atoms with Gasteiger partial charge in [-0.2, -0.15) is 0 Å². The first-order chi connectivity index (χ1) is 19.2. The minimum atomic E-state index is -1.54. The zero-order chi connectivity index (χ0) is 29.4. The molecule has 1 atom stereocenters. The zero-order valence-corrected chi connectivity index (χ0v) is 23.7. The van der Waals surface area contributed by atoms with Gasteiger partial charge >= 0.3 is 23.9 Å². The highest BCUT2D eigenvalue weighted by atomic mass is 16.6. The zero-order valence-electron chi connectivity index (χ0n) is 23.7. The van der Waals surface area contributed by atoms with Gasteiger partial charge in [-0.3, -0.25) is 14.4 Å². The molecule has 0 aliphatic heterocycles. The summed E-state index contributed by atoms with van der Waals surface area (Å²) in [5.41, 5.74) is 5.86. The van der Waals surface area contributed by atoms with Crippen LogP contribution in [0, 0.1) is 0 Å². The van der Waals surface area contributed by atoms with Crippen molar-refractivity contribution < 1.29 is 38.1 Å². The molecule has 0 saturated heterocycles. The van der Waals surface area contributed by atoms with E-state index in [1.807, 2.05) is 13.8 Å². The number of ether oxygens (including phenoxy) is 4. The molecule has 2 rings (SSSR count). The SMILES string of the molecule is CCCCCC(=O)Oc1ccc(C[C@](N)(CCOC(=O)c2ccccc2)C(=O)OC)cc1OC(=O)CCCCC. The van der Waals surface area contributed by atoms with E-state index in [-0.39, 0.29) is 43.8 Å². The third-order valence-electron chi connectivity index (χ3n) is 6.33. The second-order valence-electron chi connectivity index (χ2n) is 9.72. The standard InChI is InChI=1S/C31H41NO8/c1-4-6-9-15-27(33)39-25-18-17-23(21-26(25)40-28(34)16-10-7-5-2)22-31(32,30(36)37-3)19-20-38-29(35)24-13-11-8-12-14-24/h8,11-14,17-18,21H,4-7,9-10,15-16,19-20,22,32H2,1-3H3/t31-/m1/s1. The largest absolute Gasteiger partial charge is 0.468 e. The number of carbonyl (C=O) groups excluding carboxylic acids is 4. The van der Waals surface area contributed by atoms with Crippen molar-refractivity contribution >= 4 is 23.9 Å². The summed E-state index contributed by atoms with van der Waals surface area (Å²) < 4.78 is 21.4. The lowest BCUT2D eigenvalue weighted by molar-refractivity contribution is -0.147. The Morgan fingerprint density at radius 1 is 0.800 bits per heavy atom. The second-order valence-corrected chi connectivity index (χ2v) is 9.72. The van der Waals surface area contributed by atoms with Crippen molar-refractivity contribution in [2.75, 3.05) is 13.7 Å². The van der Waals surface area contributed by atoms with E-state index in [9.17, 15) is 19.2 Å². The van der Waals surface area contributed by atoms with Crippen LogP contribution in [-0.2, 0) is 30.3 Å². The lowest BCUT2D eigenvalue weighted by atomic mass is 9.88. The molecule has 0 heterocycles. The van der Waals surface area contributed by atoms with Gasteiger partial charge in [-0.15, -0.1) is 0 Å². The van der Waals surface area contributed by atoms with E-state index in [2.05, 4.69) is 0 Å². The molecular weight excluding hydrogens is 514 g/mol. The summed E-state index contributed by atoms with van der Waals surface area (Å²) in [6.45, 7) is 3.96. The van der Waals surface area contributed by atoms with Gasteiger partial charge in [-0.25, -0.2) is 4.79 Å². The Morgan fingerprint density at radius 2 is 1.40 bits per heavy atom. The van der Waals surface area contributed by atoms with Crippen molar-refractivity contribution in [3.05, 3.63) is 59.7 Å². The van der Waals surface area contributed by atoms with Gasteiger partial charge in [0.05, 0.1) is 19.3 Å². The third-order valence-corrected chi connectivity index (χ3v) is 6.33. The van der Waals surface area contributed by atoms with Gasteiger partial charge < -0.3 is 24.7 Å². The number of hydrogen-bond acceptors (Lipinski definition) is 9. The Hall–Kier alpha value is -3.72. The fraction of sp³-hybridized carbons (Fsp3) is 0.484. The van der Waals surface area contributed by atoms with Gasteiger partial charge in [0.1, 0.15) is 5.54 Å². The summed E-state index contributed by atoms with van der Waals surface area (Å²) in [7, 11) is 1.23. The van der Waals surface area contributed by atoms with Crippen LogP contribution in [0.15, 0.2) is 48.5 Å². The number of nitrogens with two attached hydrogens (primary N) is 1. The predicted molar refractivity (Wildman–Crippen MR) is 150 cm³/mol. The molecule has 0 bridgehead atoms. The van der Waals surface area contributed by atoms with E-state index in [1.54, 1.807) is 36.4 Å². The van der Waals surface area contributed by atoms with Crippen molar-refractivity contribution in [1.82, 2.24) is 0 Å². The molecule has 0 radical (unpaired) electrons. The average Bonchev–Trinajstić information content (AvgIpc) is 2.94. The van der Waals surface area contributed by atoms with Crippen LogP contribution in [0.25, 0.3) is 0 Å². The molecule has 0 amide bonds. The van der Waals surface area contributed by atoms with Crippen molar-refractivity contribution in [3.63, 3.8) is 0 Å². The number of esters is 4. The van der Waals surface area contributed by atoms with Crippen LogP contribution in [0.3, 0.4) is 0 Å². The van der Waals surface area contributed by atoms with Gasteiger partial charge in [0, 0.05) is 25.7 Å². The number of carbonyl (C=O) groups is 4. The van der Waals surface area contributed by atoms with Crippen LogP contribution in [0.1, 0.15) is 87.6 Å². The monoisotopic (exact) mass is 555 g/mol. The second kappa shape index (κ2) is 17.1. The number of rotatable bonds is 17. The number of unbranched alkanes of at least 4 members (excludes halogenated alkanes) is 4. The summed E-state index contributed by atoms with van der Waals surface area (Å²) in [4.78, 5) is 49.9. The van der Waals surface area contributed by atoms with Gasteiger partial charge in [-0.05, 0) is 42.7 Å². The predicted octanol–water partition coefficient (Wildman–Crippen LogP) is 5.32. The van der Waals surface area contributed by atoms with Gasteiger partial charge in [0.2, 0.25) is 0 Å². The maximum Gasteiger partial charge on any atom is 0.338 e. The normalized spacial score (nSPS) is 12.2. The van der Waals surface area contributed by atoms with E-state index in [1.165, 1.54) is 19.2 Å². The van der Waals surface area contributed by atoms with Gasteiger partial charge in [-0.1, -0.05) is 63.8 Å². The van der Waals surface area contributed by atoms with E-state index in [0.717, 1.165) is 25.7 Å². The van der Waals surface area contributed by atoms with Crippen molar-refractivity contribution in [2.24, 2.45) is 5.73 Å². The van der Waals surface area contributed by atoms with Crippen LogP contribution in [0.2, 0.25) is 0 Å². The minimum Gasteiger partial charge on any atom is -0.468 e. The molecule has 9 heteroatoms. The number of methoxy groups -OCH3 is 1. The topological polar surface area (TPSA) is 131 Å². The lowest BCUT2D eigenvalue weighted by Gasteiger charge is -2.26. The molecule has 0 spiro atoms. The average molecular weight is 556 g/mol. The highest BCUT2D eigenvalue weighted by molar-refractivity contribution is 5.89. The molecule has 40 heavy (non-hydrogen) atoms. The molecule has 2 N–H and O–H groups in total. The first-order valence-corrected chi connectivity index (χ1v) is 13.9. The van der Waals surface area contributed by atoms with Crippen molar-refractivity contribution in [2.45, 2.75) is 83.6 Å².